The SMILES string of the molecule is O=C([O][Hg])c1ccc(I)c(I)c1O. The van der Waals surface area contributed by atoms with Crippen LogP contribution in [0.3, 0.4) is 0 Å². The van der Waals surface area contributed by atoms with Crippen LogP contribution in [-0.4, -0.2) is 11.1 Å². The average Bonchev–Trinajstić information content (AvgIpc) is 2.13. The first-order valence-corrected chi connectivity index (χ1v) is 7.61. The van der Waals surface area contributed by atoms with Crippen LogP contribution in [0.5, 0.6) is 5.75 Å². The summed E-state index contributed by atoms with van der Waals surface area (Å²) in [5.74, 6) is -0.418. The van der Waals surface area contributed by atoms with Crippen LogP contribution < -0.4 is 0 Å². The Labute approximate surface area is 119 Å². The van der Waals surface area contributed by atoms with E-state index in [0.717, 1.165) is 3.57 Å². The van der Waals surface area contributed by atoms with E-state index in [1.807, 2.05) is 22.6 Å². The topological polar surface area (TPSA) is 46.5 Å². The van der Waals surface area contributed by atoms with Crippen molar-refractivity contribution in [2.24, 2.45) is 0 Å². The fraction of sp³-hybridized carbons (Fsp3) is 0. The van der Waals surface area contributed by atoms with Crippen molar-refractivity contribution >= 4 is 51.2 Å². The molecule has 1 rings (SSSR count). The molecule has 1 N–H and O–H groups in total. The van der Waals surface area contributed by atoms with Gasteiger partial charge in [0.2, 0.25) is 0 Å². The molecule has 0 radical (unpaired) electrons. The molecule has 3 nitrogen and oxygen atoms in total. The predicted molar refractivity (Wildman–Crippen MR) is 59.0 cm³/mol. The molecular weight excluding hydrogens is 586 g/mol. The molecule has 1 aromatic rings. The van der Waals surface area contributed by atoms with E-state index in [9.17, 15) is 9.90 Å². The van der Waals surface area contributed by atoms with E-state index >= 15 is 0 Å². The molecule has 0 aromatic heterocycles. The van der Waals surface area contributed by atoms with Crippen LogP contribution in [0.4, 0.5) is 0 Å². The zero-order valence-electron chi connectivity index (χ0n) is 6.38. The molecule has 0 amide bonds. The van der Waals surface area contributed by atoms with E-state index < -0.39 is 5.97 Å². The fourth-order valence-electron chi connectivity index (χ4n) is 0.782. The number of carbonyl (C=O) groups is 1. The van der Waals surface area contributed by atoms with Crippen molar-refractivity contribution in [1.29, 1.82) is 0 Å². The molecule has 0 aliphatic carbocycles. The summed E-state index contributed by atoms with van der Waals surface area (Å²) in [6, 6.07) is 3.36. The number of halogens is 2. The van der Waals surface area contributed by atoms with E-state index in [4.69, 9.17) is 2.64 Å². The van der Waals surface area contributed by atoms with Crippen LogP contribution in [0.1, 0.15) is 10.4 Å². The Kier molecular flexibility index (Phi) is 4.69. The quantitative estimate of drug-likeness (QED) is 0.404. The number of carbonyl (C=O) groups excluding carboxylic acids is 1. The molecule has 1 aromatic carbocycles. The third kappa shape index (κ3) is 2.68. The molecule has 0 unspecified atom stereocenters. The number of hydrogen-bond acceptors (Lipinski definition) is 3. The molecule has 0 bridgehead atoms. The number of rotatable bonds is 1. The standard InChI is InChI=1S/C7H4I2O3.Hg/c8-4-2-1-3(7(11)12)6(10)5(4)9;/h1-2,10H,(H,11,12);/q;+1/p-1. The predicted octanol–water partition coefficient (Wildman–Crippen LogP) is 2.22. The number of hydrogen-bond donors (Lipinski definition) is 1. The molecule has 0 aliphatic heterocycles. The van der Waals surface area contributed by atoms with Crippen molar-refractivity contribution in [1.82, 2.24) is 0 Å². The van der Waals surface area contributed by atoms with Crippen molar-refractivity contribution in [2.75, 3.05) is 0 Å². The van der Waals surface area contributed by atoms with Gasteiger partial charge in [0.05, 0.1) is 0 Å². The second-order valence-electron chi connectivity index (χ2n) is 2.19. The van der Waals surface area contributed by atoms with Gasteiger partial charge in [0.1, 0.15) is 0 Å². The van der Waals surface area contributed by atoms with Gasteiger partial charge < -0.3 is 0 Å². The molecule has 0 saturated heterocycles. The van der Waals surface area contributed by atoms with E-state index in [0.29, 0.717) is 3.57 Å². The Morgan fingerprint density at radius 2 is 2.08 bits per heavy atom. The summed E-state index contributed by atoms with van der Waals surface area (Å²) in [4.78, 5) is 11.2. The average molecular weight is 589 g/mol. The van der Waals surface area contributed by atoms with E-state index in [-0.39, 0.29) is 37.9 Å². The summed E-state index contributed by atoms with van der Waals surface area (Å²) in [6.07, 6.45) is 0. The third-order valence-corrected chi connectivity index (χ3v) is 5.46. The Morgan fingerprint density at radius 3 is 2.62 bits per heavy atom. The van der Waals surface area contributed by atoms with Gasteiger partial charge in [-0.15, -0.1) is 0 Å². The summed E-state index contributed by atoms with van der Waals surface area (Å²) >= 11 is 4.05. The van der Waals surface area contributed by atoms with Crippen molar-refractivity contribution in [3.63, 3.8) is 0 Å². The summed E-state index contributed by atoms with van der Waals surface area (Å²) < 4.78 is 6.31. The minimum atomic E-state index is -0.435. The monoisotopic (exact) mass is 591 g/mol. The molecule has 0 spiro atoms. The molecule has 0 atom stereocenters. The van der Waals surface area contributed by atoms with Gasteiger partial charge in [-0.3, -0.25) is 0 Å². The van der Waals surface area contributed by atoms with Crippen molar-refractivity contribution in [3.8, 4) is 5.75 Å². The van der Waals surface area contributed by atoms with Gasteiger partial charge in [-0.25, -0.2) is 0 Å². The van der Waals surface area contributed by atoms with Crippen LogP contribution >= 0.6 is 45.2 Å². The number of phenolic OH excluding ortho intramolecular Hbond substituents is 1. The number of phenols is 1. The van der Waals surface area contributed by atoms with Crippen molar-refractivity contribution in [3.05, 3.63) is 24.8 Å². The second-order valence-corrected chi connectivity index (χ2v) is 5.55. The maximum atomic E-state index is 11.2. The molecule has 0 saturated carbocycles. The Hall–Kier alpha value is 0.885. The normalized spacial score (nSPS) is 9.85. The summed E-state index contributed by atoms with van der Waals surface area (Å²) in [5.41, 5.74) is 0.250. The van der Waals surface area contributed by atoms with Crippen LogP contribution in [0.2, 0.25) is 0 Å². The summed E-state index contributed by atoms with van der Waals surface area (Å²) in [6.45, 7) is 0. The fourth-order valence-corrected chi connectivity index (χ4v) is 2.29. The zero-order valence-corrected chi connectivity index (χ0v) is 16.2. The third-order valence-electron chi connectivity index (χ3n) is 1.42. The molecule has 0 aliphatic rings. The summed E-state index contributed by atoms with van der Waals surface area (Å²) in [5, 5.41) is 9.59. The van der Waals surface area contributed by atoms with Crippen LogP contribution in [-0.2, 0) is 29.2 Å². The van der Waals surface area contributed by atoms with Crippen molar-refractivity contribution < 1.29 is 39.1 Å². The van der Waals surface area contributed by atoms with Gasteiger partial charge in [-0.05, 0) is 0 Å². The first kappa shape index (κ1) is 12.0. The Morgan fingerprint density at radius 1 is 1.46 bits per heavy atom. The van der Waals surface area contributed by atoms with E-state index in [2.05, 4.69) is 22.6 Å². The Bertz CT molecular complexity index is 354. The molecule has 65 valence electrons. The van der Waals surface area contributed by atoms with E-state index in [1.54, 1.807) is 12.1 Å². The molecule has 13 heavy (non-hydrogen) atoms. The molecule has 0 fully saturated rings. The van der Waals surface area contributed by atoms with E-state index in [1.165, 1.54) is 0 Å². The first-order valence-electron chi connectivity index (χ1n) is 3.21. The van der Waals surface area contributed by atoms with Crippen LogP contribution in [0, 0.1) is 7.14 Å². The van der Waals surface area contributed by atoms with Gasteiger partial charge in [0.25, 0.3) is 0 Å². The van der Waals surface area contributed by atoms with Gasteiger partial charge in [-0.2, -0.15) is 0 Å². The van der Waals surface area contributed by atoms with Gasteiger partial charge in [0, 0.05) is 0 Å². The number of aromatic hydroxyl groups is 1. The molecular formula is C7H3HgI2O3. The minimum absolute atomic E-state index is 0.0166. The molecule has 0 heterocycles. The zero-order chi connectivity index (χ0) is 10.0. The first-order chi connectivity index (χ1) is 6.07. The summed E-state index contributed by atoms with van der Waals surface area (Å²) in [7, 11) is 0. The van der Waals surface area contributed by atoms with Gasteiger partial charge >= 0.3 is 121 Å². The van der Waals surface area contributed by atoms with Crippen LogP contribution in [0.25, 0.3) is 0 Å². The maximum absolute atomic E-state index is 11.2. The number of benzene rings is 1. The second kappa shape index (κ2) is 5.10. The molecule has 6 heteroatoms. The van der Waals surface area contributed by atoms with Crippen molar-refractivity contribution in [2.45, 2.75) is 0 Å². The Balaban J connectivity index is 3.26. The van der Waals surface area contributed by atoms with Crippen LogP contribution in [0.15, 0.2) is 12.1 Å². The van der Waals surface area contributed by atoms with Gasteiger partial charge in [-0.1, -0.05) is 0 Å². The van der Waals surface area contributed by atoms with Gasteiger partial charge in [0.15, 0.2) is 0 Å².